The van der Waals surface area contributed by atoms with Crippen molar-refractivity contribution in [3.05, 3.63) is 58.9 Å². The molecule has 0 unspecified atom stereocenters. The Balaban J connectivity index is 2.06. The third-order valence-corrected chi connectivity index (χ3v) is 4.16. The van der Waals surface area contributed by atoms with E-state index in [0.29, 0.717) is 29.4 Å². The van der Waals surface area contributed by atoms with Crippen molar-refractivity contribution in [2.24, 2.45) is 4.99 Å². The van der Waals surface area contributed by atoms with Crippen LogP contribution in [0, 0.1) is 12.7 Å². The number of aliphatic imine (C=N–C) groups is 1. The number of fused-ring (bicyclic) bond motifs is 1. The van der Waals surface area contributed by atoms with Gasteiger partial charge in [0, 0.05) is 24.3 Å². The third kappa shape index (κ3) is 3.86. The standard InChI is InChI=1S/C19H19FN2O2S/c1-12-5-3-4-6-13(12)19-14-9-15(20)17(24-8-7-23-2)10-16(14)22-18(25)11-21-19/h3-6,9-10H,7-8,11H2,1-2H3,(H,22,25). The van der Waals surface area contributed by atoms with Crippen LogP contribution in [-0.2, 0) is 4.74 Å². The van der Waals surface area contributed by atoms with Gasteiger partial charge in [0.2, 0.25) is 0 Å². The van der Waals surface area contributed by atoms with Crippen molar-refractivity contribution < 1.29 is 13.9 Å². The summed E-state index contributed by atoms with van der Waals surface area (Å²) in [5.74, 6) is -0.275. The minimum absolute atomic E-state index is 0.164. The molecule has 2 aromatic carbocycles. The topological polar surface area (TPSA) is 42.9 Å². The number of halogens is 1. The van der Waals surface area contributed by atoms with Crippen LogP contribution in [0.5, 0.6) is 5.75 Å². The molecule has 0 radical (unpaired) electrons. The van der Waals surface area contributed by atoms with Gasteiger partial charge in [-0.3, -0.25) is 4.99 Å². The number of hydrogen-bond donors (Lipinski definition) is 1. The first kappa shape index (κ1) is 17.5. The fourth-order valence-corrected chi connectivity index (χ4v) is 2.87. The number of methoxy groups -OCH3 is 1. The summed E-state index contributed by atoms with van der Waals surface area (Å²) in [6.45, 7) is 3.02. The highest BCUT2D eigenvalue weighted by molar-refractivity contribution is 7.80. The van der Waals surface area contributed by atoms with E-state index in [1.807, 2.05) is 31.2 Å². The monoisotopic (exact) mass is 358 g/mol. The Morgan fingerprint density at radius 1 is 1.20 bits per heavy atom. The normalized spacial score (nSPS) is 13.6. The lowest BCUT2D eigenvalue weighted by molar-refractivity contribution is 0.144. The van der Waals surface area contributed by atoms with Gasteiger partial charge in [0.25, 0.3) is 0 Å². The van der Waals surface area contributed by atoms with Gasteiger partial charge >= 0.3 is 0 Å². The molecule has 25 heavy (non-hydrogen) atoms. The number of nitrogens with one attached hydrogen (secondary N) is 1. The molecule has 0 saturated heterocycles. The van der Waals surface area contributed by atoms with E-state index in [2.05, 4.69) is 10.3 Å². The lowest BCUT2D eigenvalue weighted by Gasteiger charge is -2.15. The molecule has 4 nitrogen and oxygen atoms in total. The number of hydrogen-bond acceptors (Lipinski definition) is 4. The smallest absolute Gasteiger partial charge is 0.165 e. The van der Waals surface area contributed by atoms with E-state index in [9.17, 15) is 4.39 Å². The van der Waals surface area contributed by atoms with Gasteiger partial charge in [-0.25, -0.2) is 4.39 Å². The van der Waals surface area contributed by atoms with Crippen LogP contribution in [0.2, 0.25) is 0 Å². The fraction of sp³-hybridized carbons (Fsp3) is 0.263. The molecule has 1 N–H and O–H groups in total. The summed E-state index contributed by atoms with van der Waals surface area (Å²) in [4.78, 5) is 5.19. The Hall–Kier alpha value is -2.31. The van der Waals surface area contributed by atoms with E-state index >= 15 is 0 Å². The van der Waals surface area contributed by atoms with Gasteiger partial charge in [0.05, 0.1) is 24.6 Å². The Morgan fingerprint density at radius 2 is 2.00 bits per heavy atom. The molecule has 1 heterocycles. The largest absolute Gasteiger partial charge is 0.488 e. The van der Waals surface area contributed by atoms with E-state index in [4.69, 9.17) is 21.7 Å². The molecule has 130 valence electrons. The second-order valence-corrected chi connectivity index (χ2v) is 6.19. The maximum atomic E-state index is 14.5. The quantitative estimate of drug-likeness (QED) is 0.653. The van der Waals surface area contributed by atoms with Crippen LogP contribution in [0.3, 0.4) is 0 Å². The number of benzene rings is 2. The zero-order chi connectivity index (χ0) is 17.8. The van der Waals surface area contributed by atoms with Crippen LogP contribution in [0.25, 0.3) is 0 Å². The van der Waals surface area contributed by atoms with Crippen LogP contribution in [0.15, 0.2) is 41.4 Å². The highest BCUT2D eigenvalue weighted by Gasteiger charge is 2.21. The fourth-order valence-electron chi connectivity index (χ4n) is 2.69. The van der Waals surface area contributed by atoms with E-state index in [-0.39, 0.29) is 12.4 Å². The molecule has 0 amide bonds. The molecule has 6 heteroatoms. The number of ether oxygens (including phenoxy) is 2. The Morgan fingerprint density at radius 3 is 2.76 bits per heavy atom. The maximum absolute atomic E-state index is 14.5. The zero-order valence-electron chi connectivity index (χ0n) is 14.1. The van der Waals surface area contributed by atoms with Crippen LogP contribution >= 0.6 is 12.2 Å². The van der Waals surface area contributed by atoms with E-state index in [1.165, 1.54) is 6.07 Å². The van der Waals surface area contributed by atoms with Gasteiger partial charge in [-0.1, -0.05) is 36.5 Å². The summed E-state index contributed by atoms with van der Waals surface area (Å²) < 4.78 is 24.9. The molecule has 0 bridgehead atoms. The molecule has 0 saturated carbocycles. The van der Waals surface area contributed by atoms with E-state index in [0.717, 1.165) is 16.8 Å². The van der Waals surface area contributed by atoms with Crippen molar-refractivity contribution in [1.82, 2.24) is 0 Å². The highest BCUT2D eigenvalue weighted by Crippen LogP contribution is 2.31. The number of nitrogens with zero attached hydrogens (tertiary/aromatic N) is 1. The molecule has 0 aliphatic carbocycles. The van der Waals surface area contributed by atoms with E-state index < -0.39 is 5.82 Å². The van der Waals surface area contributed by atoms with Crippen molar-refractivity contribution in [1.29, 1.82) is 0 Å². The zero-order valence-corrected chi connectivity index (χ0v) is 15.0. The molecule has 3 rings (SSSR count). The Kier molecular flexibility index (Phi) is 5.40. The lowest BCUT2D eigenvalue weighted by Crippen LogP contribution is -2.12. The molecular weight excluding hydrogens is 339 g/mol. The minimum atomic E-state index is -0.439. The van der Waals surface area contributed by atoms with Gasteiger partial charge in [-0.2, -0.15) is 0 Å². The molecule has 0 atom stereocenters. The molecule has 0 spiro atoms. The first-order chi connectivity index (χ1) is 12.1. The average Bonchev–Trinajstić information content (AvgIpc) is 2.74. The SMILES string of the molecule is COCCOc1cc2c(cc1F)C(c1ccccc1C)=NCC(=S)N2. The first-order valence-corrected chi connectivity index (χ1v) is 8.37. The molecule has 0 aromatic heterocycles. The number of rotatable bonds is 5. The summed E-state index contributed by atoms with van der Waals surface area (Å²) in [6, 6.07) is 11.0. The predicted octanol–water partition coefficient (Wildman–Crippen LogP) is 3.75. The predicted molar refractivity (Wildman–Crippen MR) is 102 cm³/mol. The van der Waals surface area contributed by atoms with Crippen LogP contribution in [-0.4, -0.2) is 37.6 Å². The summed E-state index contributed by atoms with van der Waals surface area (Å²) in [5.41, 5.74) is 4.12. The van der Waals surface area contributed by atoms with Gasteiger partial charge in [0.1, 0.15) is 11.6 Å². The van der Waals surface area contributed by atoms with Crippen LogP contribution < -0.4 is 10.1 Å². The van der Waals surface area contributed by atoms with Crippen molar-refractivity contribution in [2.45, 2.75) is 6.92 Å². The number of thiocarbonyl (C=S) groups is 1. The average molecular weight is 358 g/mol. The van der Waals surface area contributed by atoms with Crippen molar-refractivity contribution >= 4 is 28.6 Å². The van der Waals surface area contributed by atoms with Crippen LogP contribution in [0.1, 0.15) is 16.7 Å². The first-order valence-electron chi connectivity index (χ1n) is 7.96. The van der Waals surface area contributed by atoms with Crippen molar-refractivity contribution in [2.75, 3.05) is 32.2 Å². The molecular formula is C19H19FN2O2S. The molecule has 2 aromatic rings. The highest BCUT2D eigenvalue weighted by atomic mass is 32.1. The Labute approximate surface area is 151 Å². The molecule has 1 aliphatic heterocycles. The summed E-state index contributed by atoms with van der Waals surface area (Å²) >= 11 is 5.31. The number of aryl methyl sites for hydroxylation is 1. The molecule has 0 fully saturated rings. The van der Waals surface area contributed by atoms with Gasteiger partial charge < -0.3 is 14.8 Å². The van der Waals surface area contributed by atoms with Crippen molar-refractivity contribution in [3.63, 3.8) is 0 Å². The van der Waals surface area contributed by atoms with Gasteiger partial charge in [-0.15, -0.1) is 0 Å². The second-order valence-electron chi connectivity index (χ2n) is 5.70. The maximum Gasteiger partial charge on any atom is 0.165 e. The van der Waals surface area contributed by atoms with Crippen molar-refractivity contribution in [3.8, 4) is 5.75 Å². The van der Waals surface area contributed by atoms with Crippen LogP contribution in [0.4, 0.5) is 10.1 Å². The van der Waals surface area contributed by atoms with Gasteiger partial charge in [0.15, 0.2) is 11.6 Å². The lowest BCUT2D eigenvalue weighted by atomic mass is 9.96. The number of anilines is 1. The Bertz CT molecular complexity index is 836. The number of benzodiazepines with no additional fused rings is 1. The minimum Gasteiger partial charge on any atom is -0.488 e. The summed E-state index contributed by atoms with van der Waals surface area (Å²) in [5, 5.41) is 3.14. The summed E-state index contributed by atoms with van der Waals surface area (Å²) in [7, 11) is 1.57. The van der Waals surface area contributed by atoms with E-state index in [1.54, 1.807) is 13.2 Å². The third-order valence-electron chi connectivity index (χ3n) is 3.93. The molecule has 1 aliphatic rings. The summed E-state index contributed by atoms with van der Waals surface area (Å²) in [6.07, 6.45) is 0. The van der Waals surface area contributed by atoms with Gasteiger partial charge in [-0.05, 0) is 18.6 Å². The second kappa shape index (κ2) is 7.72.